The van der Waals surface area contributed by atoms with Crippen molar-refractivity contribution in [3.63, 3.8) is 0 Å². The lowest BCUT2D eigenvalue weighted by Crippen LogP contribution is -2.30. The summed E-state index contributed by atoms with van der Waals surface area (Å²) in [6, 6.07) is 8.56. The second-order valence-electron chi connectivity index (χ2n) is 7.61. The Morgan fingerprint density at radius 3 is 2.41 bits per heavy atom. The van der Waals surface area contributed by atoms with Gasteiger partial charge < -0.3 is 10.6 Å². The van der Waals surface area contributed by atoms with Crippen LogP contribution in [0.1, 0.15) is 56.1 Å². The zero-order valence-corrected chi connectivity index (χ0v) is 17.9. The van der Waals surface area contributed by atoms with Gasteiger partial charge in [-0.25, -0.2) is 0 Å². The average Bonchev–Trinajstić information content (AvgIpc) is 2.67. The van der Waals surface area contributed by atoms with Crippen LogP contribution in [-0.2, 0) is 17.9 Å². The lowest BCUT2D eigenvalue weighted by atomic mass is 9.93. The minimum absolute atomic E-state index is 0. The van der Waals surface area contributed by atoms with E-state index < -0.39 is 0 Å². The number of likely N-dealkylation sites (tertiary alicyclic amines) is 1. The van der Waals surface area contributed by atoms with E-state index in [0.29, 0.717) is 13.0 Å². The van der Waals surface area contributed by atoms with Gasteiger partial charge in [-0.15, -0.1) is 24.8 Å². The van der Waals surface area contributed by atoms with Gasteiger partial charge in [0.2, 0.25) is 5.91 Å². The van der Waals surface area contributed by atoms with Gasteiger partial charge >= 0.3 is 0 Å². The Hall–Kier alpha value is -0.810. The third-order valence-corrected chi connectivity index (χ3v) is 5.68. The molecule has 4 nitrogen and oxygen atoms in total. The Bertz CT molecular complexity index is 544. The highest BCUT2D eigenvalue weighted by atomic mass is 35.5. The molecule has 154 valence electrons. The molecule has 0 radical (unpaired) electrons. The Morgan fingerprint density at radius 1 is 1.04 bits per heavy atom. The van der Waals surface area contributed by atoms with Crippen LogP contribution in [0.15, 0.2) is 24.3 Å². The van der Waals surface area contributed by atoms with Crippen LogP contribution in [0.4, 0.5) is 0 Å². The van der Waals surface area contributed by atoms with E-state index in [1.807, 2.05) is 0 Å². The number of nitrogens with one attached hydrogen (secondary N) is 2. The number of benzene rings is 1. The molecule has 0 saturated carbocycles. The van der Waals surface area contributed by atoms with Crippen molar-refractivity contribution < 1.29 is 4.79 Å². The highest BCUT2D eigenvalue weighted by Crippen LogP contribution is 2.18. The SMILES string of the molecule is Cl.Cl.O=C(CCC1CCNCC1)NCc1ccccc1CN1CCCCC1. The molecule has 0 bridgehead atoms. The molecular formula is C21H35Cl2N3O. The summed E-state index contributed by atoms with van der Waals surface area (Å²) in [5.74, 6) is 0.921. The lowest BCUT2D eigenvalue weighted by Gasteiger charge is -2.27. The second kappa shape index (κ2) is 13.4. The first-order chi connectivity index (χ1) is 12.3. The number of halogens is 2. The largest absolute Gasteiger partial charge is 0.352 e. The number of hydrogen-bond acceptors (Lipinski definition) is 3. The van der Waals surface area contributed by atoms with Gasteiger partial charge in [0.15, 0.2) is 0 Å². The number of piperidine rings is 2. The van der Waals surface area contributed by atoms with Crippen LogP contribution in [0.2, 0.25) is 0 Å². The van der Waals surface area contributed by atoms with E-state index in [-0.39, 0.29) is 30.7 Å². The molecule has 1 aromatic rings. The molecular weight excluding hydrogens is 381 g/mol. The molecule has 3 rings (SSSR count). The standard InChI is InChI=1S/C21H33N3O.2ClH/c25-21(9-8-18-10-12-22-13-11-18)23-16-19-6-2-3-7-20(19)17-24-14-4-1-5-15-24;;/h2-3,6-7,18,22H,1,4-5,8-17H2,(H,23,25);2*1H. The predicted octanol–water partition coefficient (Wildman–Crippen LogP) is 3.91. The summed E-state index contributed by atoms with van der Waals surface area (Å²) in [6.45, 7) is 6.30. The van der Waals surface area contributed by atoms with Crippen molar-refractivity contribution in [2.24, 2.45) is 5.92 Å². The average molecular weight is 416 g/mol. The van der Waals surface area contributed by atoms with Crippen molar-refractivity contribution in [3.05, 3.63) is 35.4 Å². The number of carbonyl (C=O) groups excluding carboxylic acids is 1. The predicted molar refractivity (Wildman–Crippen MR) is 117 cm³/mol. The van der Waals surface area contributed by atoms with Crippen molar-refractivity contribution in [3.8, 4) is 0 Å². The van der Waals surface area contributed by atoms with Crippen molar-refractivity contribution in [2.45, 2.75) is 58.0 Å². The first-order valence-corrected chi connectivity index (χ1v) is 10.1. The fraction of sp³-hybridized carbons (Fsp3) is 0.667. The number of carbonyl (C=O) groups is 1. The van der Waals surface area contributed by atoms with Gasteiger partial charge in [-0.05, 0) is 75.3 Å². The van der Waals surface area contributed by atoms with Gasteiger partial charge in [0.1, 0.15) is 0 Å². The molecule has 0 atom stereocenters. The molecule has 6 heteroatoms. The Labute approximate surface area is 176 Å². The fourth-order valence-corrected chi connectivity index (χ4v) is 4.03. The summed E-state index contributed by atoms with van der Waals surface area (Å²) in [7, 11) is 0. The summed E-state index contributed by atoms with van der Waals surface area (Å²) in [5.41, 5.74) is 2.63. The van der Waals surface area contributed by atoms with Crippen LogP contribution in [0.5, 0.6) is 0 Å². The topological polar surface area (TPSA) is 44.4 Å². The molecule has 0 spiro atoms. The summed E-state index contributed by atoms with van der Waals surface area (Å²) in [6.07, 6.45) is 8.12. The van der Waals surface area contributed by atoms with Crippen molar-refractivity contribution >= 4 is 30.7 Å². The zero-order valence-electron chi connectivity index (χ0n) is 16.3. The minimum atomic E-state index is 0. The van der Waals surface area contributed by atoms with E-state index in [1.54, 1.807) is 0 Å². The van der Waals surface area contributed by atoms with Crippen LogP contribution >= 0.6 is 24.8 Å². The van der Waals surface area contributed by atoms with E-state index in [9.17, 15) is 4.79 Å². The first-order valence-electron chi connectivity index (χ1n) is 10.1. The molecule has 2 aliphatic rings. The van der Waals surface area contributed by atoms with Crippen LogP contribution < -0.4 is 10.6 Å². The van der Waals surface area contributed by atoms with Crippen LogP contribution in [0.3, 0.4) is 0 Å². The van der Waals surface area contributed by atoms with Crippen LogP contribution in [0.25, 0.3) is 0 Å². The molecule has 2 aliphatic heterocycles. The van der Waals surface area contributed by atoms with Crippen LogP contribution in [-0.4, -0.2) is 37.0 Å². The number of rotatable bonds is 7. The molecule has 2 heterocycles. The number of hydrogen-bond donors (Lipinski definition) is 2. The van der Waals surface area contributed by atoms with Gasteiger partial charge in [-0.3, -0.25) is 9.69 Å². The second-order valence-corrected chi connectivity index (χ2v) is 7.61. The molecule has 1 aromatic carbocycles. The highest BCUT2D eigenvalue weighted by molar-refractivity contribution is 5.85. The van der Waals surface area contributed by atoms with Gasteiger partial charge in [0, 0.05) is 19.5 Å². The zero-order chi connectivity index (χ0) is 17.3. The smallest absolute Gasteiger partial charge is 0.220 e. The lowest BCUT2D eigenvalue weighted by molar-refractivity contribution is -0.121. The van der Waals surface area contributed by atoms with E-state index in [0.717, 1.165) is 32.0 Å². The molecule has 1 amide bonds. The Kier molecular flexibility index (Phi) is 12.0. The van der Waals surface area contributed by atoms with E-state index >= 15 is 0 Å². The fourth-order valence-electron chi connectivity index (χ4n) is 4.03. The molecule has 0 aliphatic carbocycles. The minimum Gasteiger partial charge on any atom is -0.352 e. The highest BCUT2D eigenvalue weighted by Gasteiger charge is 2.15. The van der Waals surface area contributed by atoms with Gasteiger partial charge in [0.05, 0.1) is 0 Å². The van der Waals surface area contributed by atoms with Gasteiger partial charge in [-0.1, -0.05) is 30.7 Å². The third-order valence-electron chi connectivity index (χ3n) is 5.68. The maximum absolute atomic E-state index is 12.2. The number of nitrogens with zero attached hydrogens (tertiary/aromatic N) is 1. The van der Waals surface area contributed by atoms with Crippen molar-refractivity contribution in [1.82, 2.24) is 15.5 Å². The van der Waals surface area contributed by atoms with E-state index in [1.165, 1.54) is 56.3 Å². The Balaban J connectivity index is 0.00000182. The molecule has 2 N–H and O–H groups in total. The summed E-state index contributed by atoms with van der Waals surface area (Å²) in [4.78, 5) is 14.8. The van der Waals surface area contributed by atoms with E-state index in [2.05, 4.69) is 39.8 Å². The van der Waals surface area contributed by atoms with Crippen molar-refractivity contribution in [2.75, 3.05) is 26.2 Å². The van der Waals surface area contributed by atoms with Gasteiger partial charge in [-0.2, -0.15) is 0 Å². The quantitative estimate of drug-likeness (QED) is 0.709. The summed E-state index contributed by atoms with van der Waals surface area (Å²) < 4.78 is 0. The maximum Gasteiger partial charge on any atom is 0.220 e. The molecule has 27 heavy (non-hydrogen) atoms. The van der Waals surface area contributed by atoms with Crippen molar-refractivity contribution in [1.29, 1.82) is 0 Å². The Morgan fingerprint density at radius 2 is 1.70 bits per heavy atom. The molecule has 0 aromatic heterocycles. The van der Waals surface area contributed by atoms with Gasteiger partial charge in [0.25, 0.3) is 0 Å². The number of amides is 1. The molecule has 2 fully saturated rings. The summed E-state index contributed by atoms with van der Waals surface area (Å²) >= 11 is 0. The monoisotopic (exact) mass is 415 g/mol. The first kappa shape index (κ1) is 24.2. The molecule has 0 unspecified atom stereocenters. The molecule has 2 saturated heterocycles. The van der Waals surface area contributed by atoms with Crippen LogP contribution in [0, 0.1) is 5.92 Å². The normalized spacial score (nSPS) is 18.2. The third kappa shape index (κ3) is 8.39. The maximum atomic E-state index is 12.2. The summed E-state index contributed by atoms with van der Waals surface area (Å²) in [5, 5.41) is 6.53. The van der Waals surface area contributed by atoms with E-state index in [4.69, 9.17) is 0 Å².